The van der Waals surface area contributed by atoms with Crippen molar-refractivity contribution in [1.82, 2.24) is 0 Å². The zero-order chi connectivity index (χ0) is 12.4. The monoisotopic (exact) mass is 230 g/mol. The van der Waals surface area contributed by atoms with Gasteiger partial charge in [-0.3, -0.25) is 9.59 Å². The zero-order valence-electron chi connectivity index (χ0n) is 9.95. The highest BCUT2D eigenvalue weighted by molar-refractivity contribution is 5.70. The molecule has 0 aromatic heterocycles. The number of carboxylic acids is 2. The summed E-state index contributed by atoms with van der Waals surface area (Å²) < 4.78 is 0. The first-order valence-corrected chi connectivity index (χ1v) is 6.02. The van der Waals surface area contributed by atoms with E-state index in [9.17, 15) is 9.59 Å². The van der Waals surface area contributed by atoms with Gasteiger partial charge in [-0.1, -0.05) is 32.6 Å². The van der Waals surface area contributed by atoms with E-state index in [0.29, 0.717) is 6.42 Å². The van der Waals surface area contributed by atoms with Gasteiger partial charge in [0, 0.05) is 6.42 Å². The molecule has 1 rings (SSSR count). The Morgan fingerprint density at radius 3 is 2.00 bits per heavy atom. The van der Waals surface area contributed by atoms with Crippen molar-refractivity contribution in [3.63, 3.8) is 0 Å². The second kappa shape index (κ2) is 9.19. The number of rotatable bonds is 5. The highest BCUT2D eigenvalue weighted by Crippen LogP contribution is 2.24. The number of carboxylic acid groups (broad SMARTS) is 2. The lowest BCUT2D eigenvalue weighted by Crippen LogP contribution is -2.07. The molecule has 1 saturated carbocycles. The third kappa shape index (κ3) is 8.26. The summed E-state index contributed by atoms with van der Waals surface area (Å²) in [6.45, 7) is 2.06. The Morgan fingerprint density at radius 2 is 1.69 bits per heavy atom. The van der Waals surface area contributed by atoms with Crippen LogP contribution in [0.3, 0.4) is 0 Å². The average molecular weight is 230 g/mol. The fourth-order valence-electron chi connectivity index (χ4n) is 1.70. The number of aliphatic carboxylic acids is 2. The molecule has 0 spiro atoms. The van der Waals surface area contributed by atoms with Crippen molar-refractivity contribution < 1.29 is 19.8 Å². The predicted molar refractivity (Wildman–Crippen MR) is 61.4 cm³/mol. The summed E-state index contributed by atoms with van der Waals surface area (Å²) in [6.07, 6.45) is 7.29. The Balaban J connectivity index is 0.000000281. The van der Waals surface area contributed by atoms with Gasteiger partial charge in [-0.25, -0.2) is 0 Å². The molecule has 2 N–H and O–H groups in total. The molecule has 0 bridgehead atoms. The van der Waals surface area contributed by atoms with Gasteiger partial charge in [-0.15, -0.1) is 0 Å². The Labute approximate surface area is 96.7 Å². The molecule has 0 radical (unpaired) electrons. The van der Waals surface area contributed by atoms with E-state index < -0.39 is 11.9 Å². The quantitative estimate of drug-likeness (QED) is 0.712. The van der Waals surface area contributed by atoms with Gasteiger partial charge < -0.3 is 10.2 Å². The average Bonchev–Trinajstić information content (AvgIpc) is 2.71. The highest BCUT2D eigenvalue weighted by atomic mass is 16.4. The first-order valence-electron chi connectivity index (χ1n) is 6.02. The van der Waals surface area contributed by atoms with Crippen LogP contribution in [0.15, 0.2) is 0 Å². The Bertz CT molecular complexity index is 207. The fraction of sp³-hybridized carbons (Fsp3) is 0.833. The summed E-state index contributed by atoms with van der Waals surface area (Å²) in [5.41, 5.74) is 0. The molecule has 1 fully saturated rings. The van der Waals surface area contributed by atoms with Crippen molar-refractivity contribution in [2.45, 2.75) is 58.3 Å². The summed E-state index contributed by atoms with van der Waals surface area (Å²) in [6, 6.07) is 0. The number of unbranched alkanes of at least 4 members (excludes halogenated alkanes) is 2. The first kappa shape index (κ1) is 14.9. The molecular weight excluding hydrogens is 208 g/mol. The molecule has 0 aliphatic heterocycles. The second-order valence-corrected chi connectivity index (χ2v) is 4.17. The van der Waals surface area contributed by atoms with Crippen molar-refractivity contribution >= 4 is 11.9 Å². The minimum absolute atomic E-state index is 0.0185. The molecule has 4 heteroatoms. The summed E-state index contributed by atoms with van der Waals surface area (Å²) in [4.78, 5) is 20.1. The third-order valence-corrected chi connectivity index (χ3v) is 2.70. The topological polar surface area (TPSA) is 74.6 Å². The van der Waals surface area contributed by atoms with Crippen molar-refractivity contribution in [1.29, 1.82) is 0 Å². The molecule has 0 aromatic rings. The second-order valence-electron chi connectivity index (χ2n) is 4.17. The van der Waals surface area contributed by atoms with E-state index in [1.807, 2.05) is 0 Å². The highest BCUT2D eigenvalue weighted by Gasteiger charge is 2.20. The maximum Gasteiger partial charge on any atom is 0.306 e. The molecule has 16 heavy (non-hydrogen) atoms. The predicted octanol–water partition coefficient (Wildman–Crippen LogP) is 2.91. The lowest BCUT2D eigenvalue weighted by Gasteiger charge is -1.97. The van der Waals surface area contributed by atoms with E-state index in [1.54, 1.807) is 0 Å². The van der Waals surface area contributed by atoms with Gasteiger partial charge in [-0.05, 0) is 19.3 Å². The molecule has 0 atom stereocenters. The van der Waals surface area contributed by atoms with Gasteiger partial charge in [0.25, 0.3) is 0 Å². The zero-order valence-corrected chi connectivity index (χ0v) is 9.95. The van der Waals surface area contributed by atoms with Gasteiger partial charge in [0.05, 0.1) is 5.92 Å². The van der Waals surface area contributed by atoms with E-state index >= 15 is 0 Å². The lowest BCUT2D eigenvalue weighted by molar-refractivity contribution is -0.141. The third-order valence-electron chi connectivity index (χ3n) is 2.70. The molecule has 1 aliphatic rings. The van der Waals surface area contributed by atoms with Crippen LogP contribution in [0.2, 0.25) is 0 Å². The molecule has 0 saturated heterocycles. The van der Waals surface area contributed by atoms with Crippen LogP contribution < -0.4 is 0 Å². The van der Waals surface area contributed by atoms with Gasteiger partial charge in [0.15, 0.2) is 0 Å². The molecule has 4 nitrogen and oxygen atoms in total. The molecular formula is C12H22O4. The molecule has 1 aliphatic carbocycles. The minimum atomic E-state index is -0.682. The molecule has 0 amide bonds. The van der Waals surface area contributed by atoms with E-state index in [1.165, 1.54) is 0 Å². The molecule has 0 heterocycles. The smallest absolute Gasteiger partial charge is 0.306 e. The van der Waals surface area contributed by atoms with Crippen LogP contribution in [0.4, 0.5) is 0 Å². The summed E-state index contributed by atoms with van der Waals surface area (Å²) in [5, 5.41) is 16.6. The SMILES string of the molecule is CCCCCC(=O)O.O=C(O)C1CCCC1. The Morgan fingerprint density at radius 1 is 1.12 bits per heavy atom. The van der Waals surface area contributed by atoms with Crippen LogP contribution in [0.1, 0.15) is 58.3 Å². The van der Waals surface area contributed by atoms with Crippen LogP contribution in [0.5, 0.6) is 0 Å². The van der Waals surface area contributed by atoms with Gasteiger partial charge >= 0.3 is 11.9 Å². The van der Waals surface area contributed by atoms with Gasteiger partial charge in [-0.2, -0.15) is 0 Å². The standard InChI is InChI=1S/C6H10O2.C6H12O2/c7-6(8)5-3-1-2-4-5;1-2-3-4-5-6(7)8/h5H,1-4H2,(H,7,8);2-5H2,1H3,(H,7,8). The fourth-order valence-corrected chi connectivity index (χ4v) is 1.70. The summed E-state index contributed by atoms with van der Waals surface area (Å²) >= 11 is 0. The summed E-state index contributed by atoms with van der Waals surface area (Å²) in [5.74, 6) is -1.31. The molecule has 0 unspecified atom stereocenters. The van der Waals surface area contributed by atoms with E-state index in [2.05, 4.69) is 6.92 Å². The van der Waals surface area contributed by atoms with Crippen molar-refractivity contribution in [2.75, 3.05) is 0 Å². The first-order chi connectivity index (χ1) is 7.57. The lowest BCUT2D eigenvalue weighted by atomic mass is 10.1. The van der Waals surface area contributed by atoms with Crippen LogP contribution >= 0.6 is 0 Å². The maximum absolute atomic E-state index is 10.2. The van der Waals surface area contributed by atoms with Crippen molar-refractivity contribution in [2.24, 2.45) is 5.92 Å². The Hall–Kier alpha value is -1.06. The van der Waals surface area contributed by atoms with Crippen LogP contribution in [0.25, 0.3) is 0 Å². The van der Waals surface area contributed by atoms with E-state index in [-0.39, 0.29) is 5.92 Å². The van der Waals surface area contributed by atoms with Crippen LogP contribution in [-0.2, 0) is 9.59 Å². The minimum Gasteiger partial charge on any atom is -0.481 e. The number of hydrogen-bond acceptors (Lipinski definition) is 2. The normalized spacial score (nSPS) is 15.3. The number of hydrogen-bond donors (Lipinski definition) is 2. The van der Waals surface area contributed by atoms with E-state index in [0.717, 1.165) is 44.9 Å². The maximum atomic E-state index is 10.2. The largest absolute Gasteiger partial charge is 0.481 e. The van der Waals surface area contributed by atoms with Crippen LogP contribution in [-0.4, -0.2) is 22.2 Å². The van der Waals surface area contributed by atoms with Crippen molar-refractivity contribution in [3.05, 3.63) is 0 Å². The van der Waals surface area contributed by atoms with Gasteiger partial charge in [0.1, 0.15) is 0 Å². The Kier molecular flexibility index (Phi) is 8.58. The van der Waals surface area contributed by atoms with Crippen LogP contribution in [0, 0.1) is 5.92 Å². The van der Waals surface area contributed by atoms with Gasteiger partial charge in [0.2, 0.25) is 0 Å². The molecule has 94 valence electrons. The molecule has 0 aromatic carbocycles. The van der Waals surface area contributed by atoms with Crippen molar-refractivity contribution in [3.8, 4) is 0 Å². The summed E-state index contributed by atoms with van der Waals surface area (Å²) in [7, 11) is 0. The van der Waals surface area contributed by atoms with E-state index in [4.69, 9.17) is 10.2 Å². The number of carbonyl (C=O) groups is 2.